The normalized spacial score (nSPS) is 41.6. The third kappa shape index (κ3) is 1.05. The number of amides is 1. The molecule has 1 amide bonds. The summed E-state index contributed by atoms with van der Waals surface area (Å²) >= 11 is 0. The Hall–Kier alpha value is -0.770. The summed E-state index contributed by atoms with van der Waals surface area (Å²) in [6, 6.07) is 0.00375. The smallest absolute Gasteiger partial charge is 0.410 e. The zero-order valence-corrected chi connectivity index (χ0v) is 7.99. The summed E-state index contributed by atoms with van der Waals surface area (Å²) in [7, 11) is 0. The first kappa shape index (κ1) is 8.81. The van der Waals surface area contributed by atoms with E-state index in [9.17, 15) is 9.90 Å². The van der Waals surface area contributed by atoms with Gasteiger partial charge in [-0.15, -0.1) is 0 Å². The Labute approximate surface area is 77.5 Å². The largest absolute Gasteiger partial charge is 0.450 e. The zero-order chi connectivity index (χ0) is 9.64. The predicted molar refractivity (Wildman–Crippen MR) is 46.2 cm³/mol. The molecule has 74 valence electrons. The number of rotatable bonds is 1. The monoisotopic (exact) mass is 185 g/mol. The molecule has 0 aromatic heterocycles. The minimum absolute atomic E-state index is 0.00375. The SMILES string of the molecule is CCOC(=O)N1C[C@]2(C)C[C@H]1[C@H]2O. The molecule has 0 aromatic rings. The molecule has 2 saturated heterocycles. The van der Waals surface area contributed by atoms with Crippen LogP contribution in [0.5, 0.6) is 0 Å². The lowest BCUT2D eigenvalue weighted by Gasteiger charge is -2.39. The summed E-state index contributed by atoms with van der Waals surface area (Å²) in [5, 5.41) is 9.64. The van der Waals surface area contributed by atoms with Gasteiger partial charge in [0.1, 0.15) is 0 Å². The molecule has 1 saturated carbocycles. The zero-order valence-electron chi connectivity index (χ0n) is 7.99. The van der Waals surface area contributed by atoms with Crippen molar-refractivity contribution in [1.29, 1.82) is 0 Å². The molecular formula is C9H15NO3. The molecule has 3 aliphatic rings. The van der Waals surface area contributed by atoms with Crippen LogP contribution >= 0.6 is 0 Å². The van der Waals surface area contributed by atoms with Crippen LogP contribution in [0.2, 0.25) is 0 Å². The molecule has 2 aliphatic heterocycles. The molecule has 0 aromatic carbocycles. The Kier molecular flexibility index (Phi) is 1.77. The lowest BCUT2D eigenvalue weighted by Crippen LogP contribution is -2.50. The van der Waals surface area contributed by atoms with E-state index in [2.05, 4.69) is 0 Å². The van der Waals surface area contributed by atoms with Gasteiger partial charge in [-0.2, -0.15) is 0 Å². The van der Waals surface area contributed by atoms with Gasteiger partial charge in [-0.3, -0.25) is 0 Å². The van der Waals surface area contributed by atoms with Crippen LogP contribution in [-0.4, -0.2) is 41.4 Å². The van der Waals surface area contributed by atoms with Crippen LogP contribution in [0.1, 0.15) is 20.3 Å². The van der Waals surface area contributed by atoms with E-state index < -0.39 is 0 Å². The number of ether oxygens (including phenoxy) is 1. The van der Waals surface area contributed by atoms with Crippen molar-refractivity contribution in [3.63, 3.8) is 0 Å². The van der Waals surface area contributed by atoms with Crippen molar-refractivity contribution in [2.75, 3.05) is 13.2 Å². The molecule has 2 heterocycles. The molecule has 1 N–H and O–H groups in total. The highest BCUT2D eigenvalue weighted by Crippen LogP contribution is 2.51. The van der Waals surface area contributed by atoms with Crippen LogP contribution in [0.3, 0.4) is 0 Å². The van der Waals surface area contributed by atoms with Gasteiger partial charge >= 0.3 is 6.09 Å². The Morgan fingerprint density at radius 2 is 2.46 bits per heavy atom. The van der Waals surface area contributed by atoms with E-state index in [0.717, 1.165) is 6.42 Å². The van der Waals surface area contributed by atoms with E-state index in [1.807, 2.05) is 6.92 Å². The number of hydrogen-bond acceptors (Lipinski definition) is 3. The van der Waals surface area contributed by atoms with Crippen LogP contribution in [-0.2, 0) is 4.74 Å². The molecule has 0 spiro atoms. The molecule has 4 nitrogen and oxygen atoms in total. The van der Waals surface area contributed by atoms with Crippen molar-refractivity contribution in [2.45, 2.75) is 32.4 Å². The fourth-order valence-electron chi connectivity index (χ4n) is 2.37. The molecule has 0 radical (unpaired) electrons. The van der Waals surface area contributed by atoms with E-state index in [1.165, 1.54) is 0 Å². The topological polar surface area (TPSA) is 49.8 Å². The summed E-state index contributed by atoms with van der Waals surface area (Å²) in [6.45, 7) is 4.83. The fourth-order valence-corrected chi connectivity index (χ4v) is 2.37. The van der Waals surface area contributed by atoms with E-state index >= 15 is 0 Å². The minimum atomic E-state index is -0.350. The number of nitrogens with zero attached hydrogens (tertiary/aromatic N) is 1. The van der Waals surface area contributed by atoms with Gasteiger partial charge in [0.25, 0.3) is 0 Å². The Balaban J connectivity index is 2.02. The average molecular weight is 185 g/mol. The number of carbonyl (C=O) groups is 1. The van der Waals surface area contributed by atoms with Gasteiger partial charge in [0.15, 0.2) is 0 Å². The summed E-state index contributed by atoms with van der Waals surface area (Å²) in [5.41, 5.74) is -0.0720. The Morgan fingerprint density at radius 1 is 1.77 bits per heavy atom. The Morgan fingerprint density at radius 3 is 2.85 bits per heavy atom. The fraction of sp³-hybridized carbons (Fsp3) is 0.889. The van der Waals surface area contributed by atoms with Gasteiger partial charge in [-0.1, -0.05) is 6.92 Å². The molecule has 3 atom stereocenters. The average Bonchev–Trinajstić information content (AvgIpc) is 2.56. The molecule has 1 aliphatic carbocycles. The first-order valence-electron chi connectivity index (χ1n) is 4.70. The highest BCUT2D eigenvalue weighted by molar-refractivity contribution is 5.69. The van der Waals surface area contributed by atoms with E-state index in [4.69, 9.17) is 4.74 Å². The molecular weight excluding hydrogens is 170 g/mol. The second kappa shape index (κ2) is 2.61. The highest BCUT2D eigenvalue weighted by Gasteiger charge is 2.61. The van der Waals surface area contributed by atoms with Crippen LogP contribution in [0.15, 0.2) is 0 Å². The third-order valence-electron chi connectivity index (χ3n) is 3.19. The van der Waals surface area contributed by atoms with Crippen molar-refractivity contribution in [2.24, 2.45) is 5.41 Å². The quantitative estimate of drug-likeness (QED) is 0.650. The molecule has 2 bridgehead atoms. The number of fused-ring (bicyclic) bond motifs is 1. The standard InChI is InChI=1S/C9H15NO3/c1-3-13-8(12)10-5-9(2)4-6(10)7(9)11/h6-7,11H,3-5H2,1-2H3/t6-,7+,9-/m0/s1. The number of aliphatic hydroxyl groups is 1. The van der Waals surface area contributed by atoms with Crippen molar-refractivity contribution >= 4 is 6.09 Å². The second-order valence-electron chi connectivity index (χ2n) is 4.20. The first-order valence-corrected chi connectivity index (χ1v) is 4.70. The lowest BCUT2D eigenvalue weighted by molar-refractivity contribution is -0.0324. The maximum Gasteiger partial charge on any atom is 0.410 e. The molecule has 3 fully saturated rings. The van der Waals surface area contributed by atoms with E-state index in [-0.39, 0.29) is 23.7 Å². The van der Waals surface area contributed by atoms with Gasteiger partial charge in [-0.25, -0.2) is 4.79 Å². The third-order valence-corrected chi connectivity index (χ3v) is 3.19. The van der Waals surface area contributed by atoms with E-state index in [1.54, 1.807) is 11.8 Å². The summed E-state index contributed by atoms with van der Waals surface area (Å²) in [5.74, 6) is 0. The van der Waals surface area contributed by atoms with Crippen molar-refractivity contribution < 1.29 is 14.6 Å². The van der Waals surface area contributed by atoms with Crippen LogP contribution in [0.25, 0.3) is 0 Å². The maximum absolute atomic E-state index is 11.4. The summed E-state index contributed by atoms with van der Waals surface area (Å²) in [4.78, 5) is 13.0. The molecule has 3 rings (SSSR count). The number of hydrogen-bond donors (Lipinski definition) is 1. The van der Waals surface area contributed by atoms with Gasteiger partial charge in [0.05, 0.1) is 18.8 Å². The van der Waals surface area contributed by atoms with Gasteiger partial charge in [0, 0.05) is 12.0 Å². The maximum atomic E-state index is 11.4. The van der Waals surface area contributed by atoms with Gasteiger partial charge < -0.3 is 14.7 Å². The van der Waals surface area contributed by atoms with Crippen molar-refractivity contribution in [1.82, 2.24) is 4.90 Å². The number of carbonyl (C=O) groups excluding carboxylic acids is 1. The highest BCUT2D eigenvalue weighted by atomic mass is 16.6. The van der Waals surface area contributed by atoms with E-state index in [0.29, 0.717) is 13.2 Å². The lowest BCUT2D eigenvalue weighted by atomic mass is 9.69. The van der Waals surface area contributed by atoms with Gasteiger partial charge in [-0.05, 0) is 13.3 Å². The predicted octanol–water partition coefficient (Wildman–Crippen LogP) is 0.598. The van der Waals surface area contributed by atoms with Crippen molar-refractivity contribution in [3.05, 3.63) is 0 Å². The molecule has 4 heteroatoms. The molecule has 13 heavy (non-hydrogen) atoms. The first-order chi connectivity index (χ1) is 6.08. The minimum Gasteiger partial charge on any atom is -0.450 e. The van der Waals surface area contributed by atoms with Gasteiger partial charge in [0.2, 0.25) is 0 Å². The number of aliphatic hydroxyl groups excluding tert-OH is 1. The second-order valence-corrected chi connectivity index (χ2v) is 4.20. The summed E-state index contributed by atoms with van der Waals surface area (Å²) in [6.07, 6.45) is 0.275. The van der Waals surface area contributed by atoms with Crippen molar-refractivity contribution in [3.8, 4) is 0 Å². The molecule has 0 unspecified atom stereocenters. The Bertz CT molecular complexity index is 243. The van der Waals surface area contributed by atoms with Crippen LogP contribution in [0, 0.1) is 5.41 Å². The van der Waals surface area contributed by atoms with Crippen LogP contribution in [0.4, 0.5) is 4.79 Å². The van der Waals surface area contributed by atoms with Crippen LogP contribution < -0.4 is 0 Å². The summed E-state index contributed by atoms with van der Waals surface area (Å²) < 4.78 is 4.89.